The number of amides is 2. The minimum atomic E-state index is -1.02. The molecule has 24 heavy (non-hydrogen) atoms. The number of carbonyl (C=O) groups excluding carboxylic acids is 2. The van der Waals surface area contributed by atoms with Gasteiger partial charge in [0.05, 0.1) is 0 Å². The smallest absolute Gasteiger partial charge is 0.326 e. The van der Waals surface area contributed by atoms with Crippen molar-refractivity contribution in [1.82, 2.24) is 9.80 Å². The molecule has 1 spiro atoms. The first-order valence-electron chi connectivity index (χ1n) is 8.01. The van der Waals surface area contributed by atoms with E-state index in [1.807, 2.05) is 30.3 Å². The van der Waals surface area contributed by atoms with E-state index in [1.165, 1.54) is 11.0 Å². The van der Waals surface area contributed by atoms with Crippen LogP contribution in [-0.2, 0) is 20.8 Å². The second-order valence-electron chi connectivity index (χ2n) is 6.27. The van der Waals surface area contributed by atoms with Gasteiger partial charge in [-0.25, -0.2) is 4.79 Å². The molecule has 1 aliphatic heterocycles. The molecule has 3 rings (SSSR count). The van der Waals surface area contributed by atoms with Gasteiger partial charge >= 0.3 is 5.97 Å². The van der Waals surface area contributed by atoms with Gasteiger partial charge in [-0.2, -0.15) is 0 Å². The lowest BCUT2D eigenvalue weighted by atomic mass is 10.0. The minimum Gasteiger partial charge on any atom is -0.480 e. The Morgan fingerprint density at radius 3 is 2.46 bits per heavy atom. The van der Waals surface area contributed by atoms with Crippen LogP contribution in [0.3, 0.4) is 0 Å². The van der Waals surface area contributed by atoms with Crippen LogP contribution >= 0.6 is 0 Å². The summed E-state index contributed by atoms with van der Waals surface area (Å²) in [4.78, 5) is 39.6. The fourth-order valence-electron chi connectivity index (χ4n) is 3.41. The van der Waals surface area contributed by atoms with Crippen LogP contribution in [0.25, 0.3) is 0 Å². The molecule has 1 N–H and O–H groups in total. The van der Waals surface area contributed by atoms with Gasteiger partial charge in [0.2, 0.25) is 11.8 Å². The topological polar surface area (TPSA) is 77.9 Å². The zero-order chi connectivity index (χ0) is 17.3. The van der Waals surface area contributed by atoms with Crippen LogP contribution in [0.4, 0.5) is 0 Å². The lowest BCUT2D eigenvalue weighted by Gasteiger charge is -2.43. The van der Waals surface area contributed by atoms with Crippen LogP contribution in [0.1, 0.15) is 18.4 Å². The predicted molar refractivity (Wildman–Crippen MR) is 87.2 cm³/mol. The third-order valence-corrected chi connectivity index (χ3v) is 4.84. The first kappa shape index (κ1) is 16.2. The lowest BCUT2D eigenvalue weighted by molar-refractivity contribution is -0.160. The fourth-order valence-corrected chi connectivity index (χ4v) is 3.41. The van der Waals surface area contributed by atoms with Crippen molar-refractivity contribution in [1.29, 1.82) is 0 Å². The molecule has 2 aliphatic rings. The summed E-state index contributed by atoms with van der Waals surface area (Å²) in [5.74, 6) is -1.55. The average molecular weight is 328 g/mol. The van der Waals surface area contributed by atoms with E-state index < -0.39 is 17.6 Å². The average Bonchev–Trinajstić information content (AvgIpc) is 3.37. The Labute approximate surface area is 140 Å². The van der Waals surface area contributed by atoms with E-state index in [-0.39, 0.29) is 24.8 Å². The zero-order valence-electron chi connectivity index (χ0n) is 13.4. The number of rotatable bonds is 5. The molecule has 0 bridgehead atoms. The highest BCUT2D eigenvalue weighted by molar-refractivity contribution is 5.99. The van der Waals surface area contributed by atoms with E-state index in [0.717, 1.165) is 5.56 Å². The largest absolute Gasteiger partial charge is 0.480 e. The van der Waals surface area contributed by atoms with Crippen LogP contribution in [0.15, 0.2) is 43.0 Å². The Bertz CT molecular complexity index is 682. The van der Waals surface area contributed by atoms with Crippen LogP contribution < -0.4 is 0 Å². The van der Waals surface area contributed by atoms with Crippen LogP contribution in [0.5, 0.6) is 0 Å². The van der Waals surface area contributed by atoms with Gasteiger partial charge in [-0.05, 0) is 24.5 Å². The quantitative estimate of drug-likeness (QED) is 0.820. The second-order valence-corrected chi connectivity index (χ2v) is 6.27. The summed E-state index contributed by atoms with van der Waals surface area (Å²) in [5.41, 5.74) is 0.0145. The maximum Gasteiger partial charge on any atom is 0.326 e. The molecule has 0 unspecified atom stereocenters. The van der Waals surface area contributed by atoms with E-state index in [1.54, 1.807) is 4.90 Å². The van der Waals surface area contributed by atoms with Crippen molar-refractivity contribution in [3.8, 4) is 0 Å². The number of hydrogen-bond donors (Lipinski definition) is 1. The van der Waals surface area contributed by atoms with Crippen LogP contribution in [-0.4, -0.2) is 57.4 Å². The van der Waals surface area contributed by atoms with Gasteiger partial charge < -0.3 is 14.9 Å². The van der Waals surface area contributed by atoms with Crippen molar-refractivity contribution < 1.29 is 19.5 Å². The van der Waals surface area contributed by atoms with E-state index >= 15 is 0 Å². The Kier molecular flexibility index (Phi) is 4.13. The van der Waals surface area contributed by atoms with Gasteiger partial charge in [0.1, 0.15) is 11.6 Å². The Morgan fingerprint density at radius 1 is 1.25 bits per heavy atom. The van der Waals surface area contributed by atoms with Gasteiger partial charge in [-0.1, -0.05) is 36.9 Å². The number of hydrogen-bond acceptors (Lipinski definition) is 3. The third-order valence-electron chi connectivity index (χ3n) is 4.84. The van der Waals surface area contributed by atoms with E-state index in [0.29, 0.717) is 19.4 Å². The lowest BCUT2D eigenvalue weighted by Crippen LogP contribution is -2.64. The first-order chi connectivity index (χ1) is 11.5. The maximum atomic E-state index is 12.9. The van der Waals surface area contributed by atoms with Crippen LogP contribution in [0.2, 0.25) is 0 Å². The standard InChI is InChI=1S/C18H20N2O4/c1-2-15(21)20-11-10-19(17(24)18(20)8-9-18)14(16(22)23)12-13-6-4-3-5-7-13/h2-7,14H,1,8-12H2,(H,22,23)/t14-/m0/s1. The summed E-state index contributed by atoms with van der Waals surface area (Å²) in [6.07, 6.45) is 2.63. The maximum absolute atomic E-state index is 12.9. The molecule has 1 saturated heterocycles. The highest BCUT2D eigenvalue weighted by Crippen LogP contribution is 2.45. The molecular weight excluding hydrogens is 308 g/mol. The zero-order valence-corrected chi connectivity index (χ0v) is 13.4. The summed E-state index contributed by atoms with van der Waals surface area (Å²) in [6, 6.07) is 8.34. The number of aliphatic carboxylic acids is 1. The normalized spacial score (nSPS) is 19.9. The highest BCUT2D eigenvalue weighted by Gasteiger charge is 2.60. The molecule has 1 aliphatic carbocycles. The number of carboxylic acid groups (broad SMARTS) is 1. The molecule has 2 fully saturated rings. The molecule has 6 nitrogen and oxygen atoms in total. The summed E-state index contributed by atoms with van der Waals surface area (Å²) >= 11 is 0. The van der Waals surface area contributed by atoms with E-state index in [2.05, 4.69) is 6.58 Å². The number of piperazine rings is 1. The Hall–Kier alpha value is -2.63. The number of benzene rings is 1. The number of carbonyl (C=O) groups is 3. The number of nitrogens with zero attached hydrogens (tertiary/aromatic N) is 2. The molecule has 1 aromatic rings. The molecule has 126 valence electrons. The first-order valence-corrected chi connectivity index (χ1v) is 8.01. The molecular formula is C18H20N2O4. The third kappa shape index (κ3) is 2.68. The molecule has 1 atom stereocenters. The van der Waals surface area contributed by atoms with Crippen molar-refractivity contribution >= 4 is 17.8 Å². The summed E-state index contributed by atoms with van der Waals surface area (Å²) in [7, 11) is 0. The molecule has 2 amide bonds. The predicted octanol–water partition coefficient (Wildman–Crippen LogP) is 1.07. The summed E-state index contributed by atoms with van der Waals surface area (Å²) < 4.78 is 0. The SMILES string of the molecule is C=CC(=O)N1CCN([C@@H](Cc2ccccc2)C(=O)O)C(=O)C12CC2. The highest BCUT2D eigenvalue weighted by atomic mass is 16.4. The second kappa shape index (κ2) is 6.11. The number of carboxylic acids is 1. The Morgan fingerprint density at radius 2 is 1.92 bits per heavy atom. The minimum absolute atomic E-state index is 0.226. The van der Waals surface area contributed by atoms with E-state index in [9.17, 15) is 19.5 Å². The van der Waals surface area contributed by atoms with Crippen molar-refractivity contribution in [3.63, 3.8) is 0 Å². The van der Waals surface area contributed by atoms with E-state index in [4.69, 9.17) is 0 Å². The van der Waals surface area contributed by atoms with Crippen molar-refractivity contribution in [2.24, 2.45) is 0 Å². The van der Waals surface area contributed by atoms with Gasteiger partial charge in [0.25, 0.3) is 0 Å². The fraction of sp³-hybridized carbons (Fsp3) is 0.389. The van der Waals surface area contributed by atoms with Gasteiger partial charge in [-0.3, -0.25) is 9.59 Å². The van der Waals surface area contributed by atoms with Gasteiger partial charge in [-0.15, -0.1) is 0 Å². The van der Waals surface area contributed by atoms with Crippen molar-refractivity contribution in [3.05, 3.63) is 48.6 Å². The monoisotopic (exact) mass is 328 g/mol. The molecule has 0 radical (unpaired) electrons. The van der Waals surface area contributed by atoms with Crippen LogP contribution in [0, 0.1) is 0 Å². The van der Waals surface area contributed by atoms with Gasteiger partial charge in [0, 0.05) is 19.5 Å². The summed E-state index contributed by atoms with van der Waals surface area (Å²) in [5, 5.41) is 9.63. The van der Waals surface area contributed by atoms with Gasteiger partial charge in [0.15, 0.2) is 0 Å². The molecule has 1 saturated carbocycles. The molecule has 1 heterocycles. The molecule has 6 heteroatoms. The van der Waals surface area contributed by atoms with Crippen molar-refractivity contribution in [2.75, 3.05) is 13.1 Å². The summed E-state index contributed by atoms with van der Waals surface area (Å²) in [6.45, 7) is 4.05. The van der Waals surface area contributed by atoms with Crippen molar-refractivity contribution in [2.45, 2.75) is 30.8 Å². The molecule has 1 aromatic carbocycles. The Balaban J connectivity index is 1.83. The molecule has 0 aromatic heterocycles.